The van der Waals surface area contributed by atoms with Gasteiger partial charge in [-0.1, -0.05) is 11.6 Å². The van der Waals surface area contributed by atoms with E-state index in [0.29, 0.717) is 27.2 Å². The zero-order valence-corrected chi connectivity index (χ0v) is 19.1. The van der Waals surface area contributed by atoms with Crippen LogP contribution in [-0.2, 0) is 4.74 Å². The van der Waals surface area contributed by atoms with E-state index in [1.807, 2.05) is 0 Å². The second-order valence-corrected chi connectivity index (χ2v) is 8.56. The maximum Gasteiger partial charge on any atom is 0.408 e. The van der Waals surface area contributed by atoms with E-state index >= 15 is 0 Å². The molecule has 0 aliphatic rings. The Morgan fingerprint density at radius 2 is 1.91 bits per heavy atom. The molecule has 1 atom stereocenters. The fraction of sp³-hybridized carbons (Fsp3) is 0.304. The lowest BCUT2D eigenvalue weighted by Crippen LogP contribution is -2.41. The van der Waals surface area contributed by atoms with Crippen LogP contribution in [-0.4, -0.2) is 40.6 Å². The molecule has 3 rings (SSSR count). The highest BCUT2D eigenvalue weighted by molar-refractivity contribution is 6.35. The van der Waals surface area contributed by atoms with Crippen molar-refractivity contribution in [2.75, 3.05) is 7.11 Å². The molecule has 0 spiro atoms. The Morgan fingerprint density at radius 1 is 1.19 bits per heavy atom. The SMILES string of the molecule is COc1cc2nc(-c3ccc(C(=O)C(C)NC(=O)OC(C)(C)C)nc3)cc(Cl)c2cc1F. The molecular formula is C23H23ClFN3O4. The summed E-state index contributed by atoms with van der Waals surface area (Å²) in [5, 5.41) is 3.28. The number of halogens is 2. The molecule has 32 heavy (non-hydrogen) atoms. The number of rotatable bonds is 5. The van der Waals surface area contributed by atoms with Gasteiger partial charge in [0.15, 0.2) is 11.6 Å². The first-order valence-corrected chi connectivity index (χ1v) is 10.2. The number of pyridine rings is 2. The molecule has 0 saturated carbocycles. The smallest absolute Gasteiger partial charge is 0.408 e. The number of ketones is 1. The van der Waals surface area contributed by atoms with Crippen LogP contribution in [0.1, 0.15) is 38.2 Å². The van der Waals surface area contributed by atoms with Crippen LogP contribution >= 0.6 is 11.6 Å². The zero-order valence-electron chi connectivity index (χ0n) is 18.3. The fourth-order valence-corrected chi connectivity index (χ4v) is 3.21. The molecule has 1 N–H and O–H groups in total. The number of fused-ring (bicyclic) bond motifs is 1. The summed E-state index contributed by atoms with van der Waals surface area (Å²) < 4.78 is 24.2. The number of aromatic nitrogens is 2. The van der Waals surface area contributed by atoms with Crippen LogP contribution in [0.15, 0.2) is 36.5 Å². The number of hydrogen-bond donors (Lipinski definition) is 1. The van der Waals surface area contributed by atoms with Crippen LogP contribution in [0.4, 0.5) is 9.18 Å². The number of benzene rings is 1. The third-order valence-corrected chi connectivity index (χ3v) is 4.78. The molecule has 0 aliphatic carbocycles. The van der Waals surface area contributed by atoms with E-state index in [1.165, 1.54) is 31.5 Å². The van der Waals surface area contributed by atoms with Gasteiger partial charge in [-0.2, -0.15) is 0 Å². The van der Waals surface area contributed by atoms with Crippen molar-refractivity contribution in [1.82, 2.24) is 15.3 Å². The van der Waals surface area contributed by atoms with Crippen LogP contribution in [0.5, 0.6) is 5.75 Å². The molecule has 168 valence electrons. The topological polar surface area (TPSA) is 90.4 Å². The Balaban J connectivity index is 1.82. The third kappa shape index (κ3) is 5.31. The van der Waals surface area contributed by atoms with Crippen LogP contribution in [0.25, 0.3) is 22.2 Å². The van der Waals surface area contributed by atoms with Crippen LogP contribution in [0, 0.1) is 5.82 Å². The number of nitrogens with one attached hydrogen (secondary N) is 1. The first kappa shape index (κ1) is 23.4. The number of carbonyl (C=O) groups is 2. The molecule has 0 saturated heterocycles. The first-order chi connectivity index (χ1) is 15.0. The van der Waals surface area contributed by atoms with Gasteiger partial charge in [0, 0.05) is 23.2 Å². The van der Waals surface area contributed by atoms with Crippen molar-refractivity contribution in [3.63, 3.8) is 0 Å². The monoisotopic (exact) mass is 459 g/mol. The van der Waals surface area contributed by atoms with Crippen molar-refractivity contribution in [1.29, 1.82) is 0 Å². The van der Waals surface area contributed by atoms with E-state index < -0.39 is 23.6 Å². The minimum Gasteiger partial charge on any atom is -0.494 e. The Morgan fingerprint density at radius 3 is 2.50 bits per heavy atom. The second kappa shape index (κ2) is 9.08. The van der Waals surface area contributed by atoms with Crippen molar-refractivity contribution in [3.05, 3.63) is 53.1 Å². The summed E-state index contributed by atoms with van der Waals surface area (Å²) in [4.78, 5) is 33.2. The lowest BCUT2D eigenvalue weighted by Gasteiger charge is -2.21. The molecule has 0 fully saturated rings. The third-order valence-electron chi connectivity index (χ3n) is 4.47. The van der Waals surface area contributed by atoms with E-state index in [0.717, 1.165) is 0 Å². The van der Waals surface area contributed by atoms with Gasteiger partial charge in [0.1, 0.15) is 11.3 Å². The summed E-state index contributed by atoms with van der Waals surface area (Å²) in [5.41, 5.74) is 1.08. The number of alkyl carbamates (subject to hydrolysis) is 1. The maximum absolute atomic E-state index is 14.0. The fourth-order valence-electron chi connectivity index (χ4n) is 2.95. The zero-order chi connectivity index (χ0) is 23.6. The van der Waals surface area contributed by atoms with Gasteiger partial charge in [-0.3, -0.25) is 9.78 Å². The molecule has 2 heterocycles. The van der Waals surface area contributed by atoms with Crippen molar-refractivity contribution < 1.29 is 23.5 Å². The summed E-state index contributed by atoms with van der Waals surface area (Å²) in [6.07, 6.45) is 0.801. The molecule has 1 amide bonds. The molecule has 0 bridgehead atoms. The molecule has 0 aliphatic heterocycles. The van der Waals surface area contributed by atoms with Gasteiger partial charge in [-0.15, -0.1) is 0 Å². The van der Waals surface area contributed by atoms with Crippen molar-refractivity contribution >= 4 is 34.4 Å². The quantitative estimate of drug-likeness (QED) is 0.528. The average molecular weight is 460 g/mol. The number of ether oxygens (including phenoxy) is 2. The largest absolute Gasteiger partial charge is 0.494 e. The number of methoxy groups -OCH3 is 1. The maximum atomic E-state index is 14.0. The molecule has 3 aromatic rings. The van der Waals surface area contributed by atoms with E-state index in [2.05, 4.69) is 15.3 Å². The van der Waals surface area contributed by atoms with E-state index in [-0.39, 0.29) is 17.2 Å². The van der Waals surface area contributed by atoms with Gasteiger partial charge in [0.2, 0.25) is 5.78 Å². The Bertz CT molecular complexity index is 1180. The number of Topliss-reactive ketones (excluding diaryl/α,β-unsaturated/α-hetero) is 1. The highest BCUT2D eigenvalue weighted by atomic mass is 35.5. The highest BCUT2D eigenvalue weighted by Gasteiger charge is 2.22. The van der Waals surface area contributed by atoms with Crippen LogP contribution < -0.4 is 10.1 Å². The van der Waals surface area contributed by atoms with Gasteiger partial charge in [0.05, 0.1) is 29.4 Å². The van der Waals surface area contributed by atoms with Gasteiger partial charge in [-0.05, 0) is 52.0 Å². The lowest BCUT2D eigenvalue weighted by atomic mass is 10.1. The summed E-state index contributed by atoms with van der Waals surface area (Å²) in [6, 6.07) is 6.73. The highest BCUT2D eigenvalue weighted by Crippen LogP contribution is 2.31. The van der Waals surface area contributed by atoms with Gasteiger partial charge in [-0.25, -0.2) is 14.2 Å². The van der Waals surface area contributed by atoms with Gasteiger partial charge < -0.3 is 14.8 Å². The van der Waals surface area contributed by atoms with Gasteiger partial charge in [0.25, 0.3) is 0 Å². The minimum atomic E-state index is -0.821. The van der Waals surface area contributed by atoms with Crippen molar-refractivity contribution in [2.24, 2.45) is 0 Å². The van der Waals surface area contributed by atoms with E-state index in [9.17, 15) is 14.0 Å². The second-order valence-electron chi connectivity index (χ2n) is 8.16. The van der Waals surface area contributed by atoms with Crippen molar-refractivity contribution in [3.8, 4) is 17.0 Å². The number of amides is 1. The summed E-state index contributed by atoms with van der Waals surface area (Å²) in [7, 11) is 1.37. The Labute approximate surface area is 189 Å². The number of nitrogens with zero attached hydrogens (tertiary/aromatic N) is 2. The molecule has 9 heteroatoms. The number of carbonyl (C=O) groups excluding carboxylic acids is 2. The van der Waals surface area contributed by atoms with E-state index in [4.69, 9.17) is 21.1 Å². The Hall–Kier alpha value is -3.26. The molecule has 1 aromatic carbocycles. The Kier molecular flexibility index (Phi) is 6.64. The molecule has 7 nitrogen and oxygen atoms in total. The summed E-state index contributed by atoms with van der Waals surface area (Å²) >= 11 is 6.32. The summed E-state index contributed by atoms with van der Waals surface area (Å²) in [5.74, 6) is -0.842. The van der Waals surface area contributed by atoms with Crippen LogP contribution in [0.3, 0.4) is 0 Å². The summed E-state index contributed by atoms with van der Waals surface area (Å²) in [6.45, 7) is 6.76. The normalized spacial score (nSPS) is 12.3. The standard InChI is InChI=1S/C23H23ClFN3O4/c1-12(27-22(30)32-23(2,3)4)21(29)17-7-6-13(11-26-17)18-9-15(24)14-8-16(25)20(31-5)10-19(14)28-18/h6-12H,1-5H3,(H,27,30). The molecular weight excluding hydrogens is 437 g/mol. The van der Waals surface area contributed by atoms with Gasteiger partial charge >= 0.3 is 6.09 Å². The predicted octanol–water partition coefficient (Wildman–Crippen LogP) is 5.19. The molecule has 0 radical (unpaired) electrons. The van der Waals surface area contributed by atoms with E-state index in [1.54, 1.807) is 39.8 Å². The minimum absolute atomic E-state index is 0.0590. The van der Waals surface area contributed by atoms with Crippen molar-refractivity contribution in [2.45, 2.75) is 39.3 Å². The molecule has 2 aromatic heterocycles. The average Bonchev–Trinajstić information content (AvgIpc) is 2.71. The number of hydrogen-bond acceptors (Lipinski definition) is 6. The molecule has 1 unspecified atom stereocenters. The first-order valence-electron chi connectivity index (χ1n) is 9.82. The van der Waals surface area contributed by atoms with Crippen LogP contribution in [0.2, 0.25) is 5.02 Å². The predicted molar refractivity (Wildman–Crippen MR) is 120 cm³/mol. The lowest BCUT2D eigenvalue weighted by molar-refractivity contribution is 0.0496.